The summed E-state index contributed by atoms with van der Waals surface area (Å²) in [4.78, 5) is 2.08. The quantitative estimate of drug-likeness (QED) is 0.859. The van der Waals surface area contributed by atoms with Crippen LogP contribution in [0.1, 0.15) is 12.5 Å². The zero-order chi connectivity index (χ0) is 11.5. The Balaban J connectivity index is 2.19. The number of rotatable bonds is 2. The topological polar surface area (TPSA) is 23.5 Å². The number of anilines is 1. The van der Waals surface area contributed by atoms with E-state index < -0.39 is 0 Å². The van der Waals surface area contributed by atoms with E-state index in [9.17, 15) is 4.39 Å². The third kappa shape index (κ3) is 2.50. The molecule has 2 nitrogen and oxygen atoms in total. The van der Waals surface area contributed by atoms with E-state index in [0.717, 1.165) is 18.8 Å². The molecule has 0 radical (unpaired) electrons. The summed E-state index contributed by atoms with van der Waals surface area (Å²) in [7, 11) is 0. The largest absolute Gasteiger partial charge is 0.392 e. The fourth-order valence-corrected chi connectivity index (χ4v) is 2.96. The maximum Gasteiger partial charge on any atom is 0.146 e. The van der Waals surface area contributed by atoms with Gasteiger partial charge in [0.2, 0.25) is 0 Å². The van der Waals surface area contributed by atoms with Gasteiger partial charge in [0.05, 0.1) is 12.3 Å². The molecule has 88 valence electrons. The number of halogens is 1. The van der Waals surface area contributed by atoms with Crippen LogP contribution in [0.15, 0.2) is 18.2 Å². The van der Waals surface area contributed by atoms with Crippen molar-refractivity contribution in [3.8, 4) is 0 Å². The van der Waals surface area contributed by atoms with Crippen LogP contribution in [0.2, 0.25) is 0 Å². The first-order valence-corrected chi connectivity index (χ1v) is 6.51. The number of nitrogens with zero attached hydrogens (tertiary/aromatic N) is 1. The molecule has 1 atom stereocenters. The number of benzene rings is 1. The molecule has 1 N–H and O–H groups in total. The second-order valence-electron chi connectivity index (χ2n) is 4.07. The molecule has 0 spiro atoms. The number of aliphatic hydroxyl groups excluding tert-OH is 1. The highest BCUT2D eigenvalue weighted by atomic mass is 32.2. The van der Waals surface area contributed by atoms with Crippen molar-refractivity contribution in [3.05, 3.63) is 29.6 Å². The van der Waals surface area contributed by atoms with Gasteiger partial charge in [0.25, 0.3) is 0 Å². The summed E-state index contributed by atoms with van der Waals surface area (Å²) in [6, 6.07) is 4.97. The fraction of sp³-hybridized carbons (Fsp3) is 0.500. The van der Waals surface area contributed by atoms with Crippen LogP contribution < -0.4 is 4.90 Å². The van der Waals surface area contributed by atoms with Crippen LogP contribution >= 0.6 is 11.8 Å². The highest BCUT2D eigenvalue weighted by Crippen LogP contribution is 2.26. The van der Waals surface area contributed by atoms with Crippen molar-refractivity contribution in [1.29, 1.82) is 0 Å². The van der Waals surface area contributed by atoms with Gasteiger partial charge in [-0.1, -0.05) is 13.0 Å². The van der Waals surface area contributed by atoms with Crippen LogP contribution in [-0.4, -0.2) is 29.2 Å². The van der Waals surface area contributed by atoms with E-state index in [1.165, 1.54) is 6.07 Å². The SMILES string of the molecule is CC1CN(c2ccc(CO)cc2F)CCS1. The monoisotopic (exact) mass is 241 g/mol. The summed E-state index contributed by atoms with van der Waals surface area (Å²) in [5.74, 6) is 0.813. The van der Waals surface area contributed by atoms with Crippen molar-refractivity contribution in [1.82, 2.24) is 0 Å². The van der Waals surface area contributed by atoms with E-state index in [-0.39, 0.29) is 12.4 Å². The van der Waals surface area contributed by atoms with Crippen molar-refractivity contribution in [2.75, 3.05) is 23.7 Å². The molecule has 1 saturated heterocycles. The molecule has 4 heteroatoms. The maximum atomic E-state index is 13.8. The molecule has 0 saturated carbocycles. The molecule has 0 amide bonds. The van der Waals surface area contributed by atoms with Gasteiger partial charge >= 0.3 is 0 Å². The Morgan fingerprint density at radius 3 is 3.00 bits per heavy atom. The first-order chi connectivity index (χ1) is 7.70. The molecule has 1 aromatic rings. The highest BCUT2D eigenvalue weighted by Gasteiger charge is 2.19. The zero-order valence-electron chi connectivity index (χ0n) is 9.32. The van der Waals surface area contributed by atoms with Gasteiger partial charge in [-0.2, -0.15) is 11.8 Å². The minimum absolute atomic E-state index is 0.108. The van der Waals surface area contributed by atoms with E-state index in [0.29, 0.717) is 16.5 Å². The van der Waals surface area contributed by atoms with Gasteiger partial charge in [0.1, 0.15) is 5.82 Å². The van der Waals surface area contributed by atoms with Crippen LogP contribution in [0.5, 0.6) is 0 Å². The molecule has 1 aromatic carbocycles. The molecule has 1 aliphatic heterocycles. The third-order valence-corrected chi connectivity index (χ3v) is 3.91. The van der Waals surface area contributed by atoms with Gasteiger partial charge in [0, 0.05) is 24.1 Å². The molecule has 1 fully saturated rings. The van der Waals surface area contributed by atoms with Crippen molar-refractivity contribution in [3.63, 3.8) is 0 Å². The van der Waals surface area contributed by atoms with Crippen LogP contribution in [-0.2, 0) is 6.61 Å². The Morgan fingerprint density at radius 2 is 2.38 bits per heavy atom. The summed E-state index contributed by atoms with van der Waals surface area (Å²) in [5, 5.41) is 9.47. The first kappa shape index (κ1) is 11.7. The van der Waals surface area contributed by atoms with E-state index in [2.05, 4.69) is 11.8 Å². The molecule has 16 heavy (non-hydrogen) atoms. The molecule has 2 rings (SSSR count). The molecule has 0 aliphatic carbocycles. The summed E-state index contributed by atoms with van der Waals surface area (Å²) in [5.41, 5.74) is 1.28. The van der Waals surface area contributed by atoms with Gasteiger partial charge in [-0.15, -0.1) is 0 Å². The Bertz CT molecular complexity index is 372. The number of aliphatic hydroxyl groups is 1. The standard InChI is InChI=1S/C12H16FNOS/c1-9-7-14(4-5-16-9)12-3-2-10(8-15)6-11(12)13/h2-3,6,9,15H,4-5,7-8H2,1H3. The van der Waals surface area contributed by atoms with E-state index in [4.69, 9.17) is 5.11 Å². The summed E-state index contributed by atoms with van der Waals surface area (Å²) < 4.78 is 13.8. The lowest BCUT2D eigenvalue weighted by Crippen LogP contribution is -2.37. The summed E-state index contributed by atoms with van der Waals surface area (Å²) in [6.07, 6.45) is 0. The molecule has 1 aliphatic rings. The molecular weight excluding hydrogens is 225 g/mol. The van der Waals surface area contributed by atoms with Gasteiger partial charge in [-0.05, 0) is 17.7 Å². The van der Waals surface area contributed by atoms with E-state index >= 15 is 0 Å². The molecule has 0 aromatic heterocycles. The Kier molecular flexibility index (Phi) is 3.71. The molecule has 0 bridgehead atoms. The van der Waals surface area contributed by atoms with Crippen LogP contribution in [0.25, 0.3) is 0 Å². The first-order valence-electron chi connectivity index (χ1n) is 5.46. The number of hydrogen-bond acceptors (Lipinski definition) is 3. The van der Waals surface area contributed by atoms with E-state index in [1.54, 1.807) is 12.1 Å². The summed E-state index contributed by atoms with van der Waals surface area (Å²) in [6.45, 7) is 3.84. The van der Waals surface area contributed by atoms with Crippen molar-refractivity contribution in [2.24, 2.45) is 0 Å². The molecular formula is C12H16FNOS. The van der Waals surface area contributed by atoms with Crippen molar-refractivity contribution in [2.45, 2.75) is 18.8 Å². The second-order valence-corrected chi connectivity index (χ2v) is 5.62. The molecule has 1 heterocycles. The van der Waals surface area contributed by atoms with Gasteiger partial charge in [-0.25, -0.2) is 4.39 Å². The second kappa shape index (κ2) is 5.06. The van der Waals surface area contributed by atoms with Gasteiger partial charge in [-0.3, -0.25) is 0 Å². The normalized spacial score (nSPS) is 21.2. The van der Waals surface area contributed by atoms with Gasteiger partial charge < -0.3 is 10.0 Å². The van der Waals surface area contributed by atoms with Crippen LogP contribution in [0.4, 0.5) is 10.1 Å². The average molecular weight is 241 g/mol. The fourth-order valence-electron chi connectivity index (χ4n) is 1.94. The zero-order valence-corrected chi connectivity index (χ0v) is 10.1. The lowest BCUT2D eigenvalue weighted by Gasteiger charge is -2.32. The Morgan fingerprint density at radius 1 is 1.56 bits per heavy atom. The minimum Gasteiger partial charge on any atom is -0.392 e. The van der Waals surface area contributed by atoms with Crippen molar-refractivity contribution >= 4 is 17.4 Å². The summed E-state index contributed by atoms with van der Waals surface area (Å²) >= 11 is 1.93. The predicted octanol–water partition coefficient (Wildman–Crippen LogP) is 2.26. The van der Waals surface area contributed by atoms with Crippen molar-refractivity contribution < 1.29 is 9.50 Å². The smallest absolute Gasteiger partial charge is 0.146 e. The lowest BCUT2D eigenvalue weighted by atomic mass is 10.2. The minimum atomic E-state index is -0.231. The van der Waals surface area contributed by atoms with Gasteiger partial charge in [0.15, 0.2) is 0 Å². The van der Waals surface area contributed by atoms with Crippen LogP contribution in [0.3, 0.4) is 0 Å². The predicted molar refractivity (Wildman–Crippen MR) is 66.5 cm³/mol. The Hall–Kier alpha value is -0.740. The highest BCUT2D eigenvalue weighted by molar-refractivity contribution is 8.00. The lowest BCUT2D eigenvalue weighted by molar-refractivity contribution is 0.281. The molecule has 1 unspecified atom stereocenters. The number of hydrogen-bond donors (Lipinski definition) is 1. The van der Waals surface area contributed by atoms with Crippen LogP contribution in [0, 0.1) is 5.82 Å². The Labute approximate surface area is 99.5 Å². The maximum absolute atomic E-state index is 13.8. The average Bonchev–Trinajstić information content (AvgIpc) is 2.28. The number of thioether (sulfide) groups is 1. The third-order valence-electron chi connectivity index (χ3n) is 2.78. The van der Waals surface area contributed by atoms with E-state index in [1.807, 2.05) is 11.8 Å².